The average Bonchev–Trinajstić information content (AvgIpc) is 3.36. The maximum atomic E-state index is 6.03. The third-order valence-electron chi connectivity index (χ3n) is 6.35. The average molecular weight is 337 g/mol. The van der Waals surface area contributed by atoms with E-state index in [1.165, 1.54) is 61.4 Å². The Kier molecular flexibility index (Phi) is 3.63. The Morgan fingerprint density at radius 1 is 1.12 bits per heavy atom. The molecule has 3 aliphatic rings. The van der Waals surface area contributed by atoms with Crippen molar-refractivity contribution in [3.63, 3.8) is 0 Å². The summed E-state index contributed by atoms with van der Waals surface area (Å²) in [5.74, 6) is 0. The summed E-state index contributed by atoms with van der Waals surface area (Å²) >= 11 is 0. The molecule has 0 radical (unpaired) electrons. The number of hydrogen-bond donors (Lipinski definition) is 1. The number of benzene rings is 1. The second-order valence-corrected chi connectivity index (χ2v) is 8.09. The van der Waals surface area contributed by atoms with Crippen molar-refractivity contribution in [2.24, 2.45) is 0 Å². The molecule has 2 aliphatic carbocycles. The van der Waals surface area contributed by atoms with Crippen molar-refractivity contribution < 1.29 is 4.84 Å². The number of nitrogens with zero attached hydrogens (tertiary/aromatic N) is 2. The van der Waals surface area contributed by atoms with Crippen molar-refractivity contribution in [1.82, 2.24) is 15.3 Å². The summed E-state index contributed by atoms with van der Waals surface area (Å²) in [6, 6.07) is 7.31. The van der Waals surface area contributed by atoms with Gasteiger partial charge in [0.2, 0.25) is 0 Å². The van der Waals surface area contributed by atoms with Gasteiger partial charge in [-0.15, -0.1) is 0 Å². The summed E-state index contributed by atoms with van der Waals surface area (Å²) in [5.41, 5.74) is 7.90. The Morgan fingerprint density at radius 3 is 2.72 bits per heavy atom. The molecule has 25 heavy (non-hydrogen) atoms. The van der Waals surface area contributed by atoms with Gasteiger partial charge in [0.1, 0.15) is 5.60 Å². The van der Waals surface area contributed by atoms with Gasteiger partial charge in [-0.3, -0.25) is 15.0 Å². The molecule has 2 heterocycles. The minimum absolute atomic E-state index is 0.0792. The van der Waals surface area contributed by atoms with Gasteiger partial charge in [0.05, 0.1) is 22.9 Å². The molecule has 5 rings (SSSR count). The quantitative estimate of drug-likeness (QED) is 0.834. The van der Waals surface area contributed by atoms with Gasteiger partial charge in [-0.25, -0.2) is 0 Å². The van der Waals surface area contributed by atoms with Crippen LogP contribution in [-0.4, -0.2) is 15.4 Å². The Morgan fingerprint density at radius 2 is 1.92 bits per heavy atom. The first-order valence-corrected chi connectivity index (χ1v) is 9.90. The predicted molar refractivity (Wildman–Crippen MR) is 100.0 cm³/mol. The molecule has 2 saturated carbocycles. The van der Waals surface area contributed by atoms with Gasteiger partial charge < -0.3 is 0 Å². The first kappa shape index (κ1) is 15.4. The van der Waals surface area contributed by atoms with Crippen LogP contribution in [0.25, 0.3) is 16.6 Å². The van der Waals surface area contributed by atoms with Crippen LogP contribution in [0.1, 0.15) is 75.1 Å². The molecule has 0 bridgehead atoms. The minimum atomic E-state index is -0.0792. The number of aryl methyl sites for hydroxylation is 1. The molecule has 1 aliphatic heterocycles. The maximum absolute atomic E-state index is 6.03. The summed E-state index contributed by atoms with van der Waals surface area (Å²) in [6.45, 7) is 2.13. The molecule has 2 fully saturated rings. The van der Waals surface area contributed by atoms with Crippen LogP contribution in [0.3, 0.4) is 0 Å². The fraction of sp³-hybridized carbons (Fsp3) is 0.571. The molecule has 1 spiro atoms. The minimum Gasteiger partial charge on any atom is -0.266 e. The zero-order valence-electron chi connectivity index (χ0n) is 15.1. The number of fused-ring (bicyclic) bond motifs is 1. The molecule has 4 heteroatoms. The van der Waals surface area contributed by atoms with Crippen LogP contribution in [0.2, 0.25) is 0 Å². The van der Waals surface area contributed by atoms with E-state index in [-0.39, 0.29) is 5.60 Å². The van der Waals surface area contributed by atoms with E-state index >= 15 is 0 Å². The summed E-state index contributed by atoms with van der Waals surface area (Å²) in [5, 5.41) is 6.15. The predicted octanol–water partition coefficient (Wildman–Crippen LogP) is 5.04. The van der Waals surface area contributed by atoms with E-state index < -0.39 is 0 Å². The van der Waals surface area contributed by atoms with Gasteiger partial charge in [-0.05, 0) is 44.7 Å². The molecule has 1 aromatic carbocycles. The van der Waals surface area contributed by atoms with E-state index in [9.17, 15) is 0 Å². The topological polar surface area (TPSA) is 39.1 Å². The van der Waals surface area contributed by atoms with Crippen LogP contribution in [-0.2, 0) is 4.84 Å². The number of aromatic nitrogens is 2. The maximum Gasteiger partial charge on any atom is 0.116 e. The van der Waals surface area contributed by atoms with Gasteiger partial charge in [-0.1, -0.05) is 44.2 Å². The summed E-state index contributed by atoms with van der Waals surface area (Å²) < 4.78 is 2.29. The first-order chi connectivity index (χ1) is 12.2. The van der Waals surface area contributed by atoms with Crippen molar-refractivity contribution >= 4 is 16.6 Å². The largest absolute Gasteiger partial charge is 0.266 e. The van der Waals surface area contributed by atoms with E-state index in [1.54, 1.807) is 0 Å². The number of hydrogen-bond acceptors (Lipinski definition) is 3. The highest BCUT2D eigenvalue weighted by atomic mass is 16.7. The van der Waals surface area contributed by atoms with E-state index in [4.69, 9.17) is 9.94 Å². The van der Waals surface area contributed by atoms with Crippen molar-refractivity contribution in [1.29, 1.82) is 0 Å². The van der Waals surface area contributed by atoms with Crippen molar-refractivity contribution in [3.05, 3.63) is 35.5 Å². The highest BCUT2D eigenvalue weighted by Gasteiger charge is 2.36. The van der Waals surface area contributed by atoms with E-state index in [0.29, 0.717) is 6.04 Å². The molecule has 4 nitrogen and oxygen atoms in total. The number of nitrogens with one attached hydrogen (secondary N) is 1. The Bertz CT molecular complexity index is 823. The number of rotatable bonds is 2. The fourth-order valence-electron chi connectivity index (χ4n) is 4.91. The number of hydroxylamine groups is 1. The van der Waals surface area contributed by atoms with E-state index in [2.05, 4.69) is 41.4 Å². The molecule has 0 atom stereocenters. The van der Waals surface area contributed by atoms with Crippen LogP contribution in [0, 0.1) is 6.92 Å². The van der Waals surface area contributed by atoms with Crippen molar-refractivity contribution in [2.75, 3.05) is 0 Å². The van der Waals surface area contributed by atoms with Crippen LogP contribution in [0.15, 0.2) is 24.3 Å². The highest BCUT2D eigenvalue weighted by Crippen LogP contribution is 2.39. The molecule has 1 aromatic heterocycles. The molecule has 132 valence electrons. The van der Waals surface area contributed by atoms with Gasteiger partial charge in [0.15, 0.2) is 0 Å². The molecule has 0 amide bonds. The van der Waals surface area contributed by atoms with E-state index in [1.807, 2.05) is 0 Å². The SMILES string of the molecule is Cc1nn(C2CCCC2)c2cc(C3=CC4(CCCCC4)ON3)ccc12. The van der Waals surface area contributed by atoms with Crippen molar-refractivity contribution in [3.8, 4) is 0 Å². The van der Waals surface area contributed by atoms with Gasteiger partial charge in [0, 0.05) is 10.9 Å². The molecular weight excluding hydrogens is 310 g/mol. The van der Waals surface area contributed by atoms with Crippen LogP contribution >= 0.6 is 0 Å². The fourth-order valence-corrected chi connectivity index (χ4v) is 4.91. The standard InChI is InChI=1S/C21H27N3O/c1-15-18-10-9-16(13-20(18)24(22-15)17-7-3-4-8-17)19-14-21(25-23-19)11-5-2-6-12-21/h9-10,13-14,17,23H,2-8,11-12H2,1H3. The third-order valence-corrected chi connectivity index (χ3v) is 6.35. The Labute approximate surface area is 149 Å². The zero-order chi connectivity index (χ0) is 16.9. The first-order valence-electron chi connectivity index (χ1n) is 9.90. The van der Waals surface area contributed by atoms with Gasteiger partial charge in [0.25, 0.3) is 0 Å². The lowest BCUT2D eigenvalue weighted by atomic mass is 9.84. The normalized spacial score (nSPS) is 23.3. The highest BCUT2D eigenvalue weighted by molar-refractivity contribution is 5.86. The van der Waals surface area contributed by atoms with E-state index in [0.717, 1.165) is 24.2 Å². The summed E-state index contributed by atoms with van der Waals surface area (Å²) in [7, 11) is 0. The second kappa shape index (κ2) is 5.87. The molecule has 0 saturated heterocycles. The molecule has 2 aromatic rings. The molecular formula is C21H27N3O. The van der Waals surface area contributed by atoms with Gasteiger partial charge in [-0.2, -0.15) is 5.10 Å². The van der Waals surface area contributed by atoms with Crippen LogP contribution in [0.5, 0.6) is 0 Å². The Hall–Kier alpha value is -1.81. The van der Waals surface area contributed by atoms with Crippen LogP contribution < -0.4 is 5.48 Å². The lowest BCUT2D eigenvalue weighted by Crippen LogP contribution is -2.31. The zero-order valence-corrected chi connectivity index (χ0v) is 15.1. The monoisotopic (exact) mass is 337 g/mol. The Balaban J connectivity index is 1.54. The lowest BCUT2D eigenvalue weighted by Gasteiger charge is -2.29. The second-order valence-electron chi connectivity index (χ2n) is 8.09. The smallest absolute Gasteiger partial charge is 0.116 e. The van der Waals surface area contributed by atoms with Crippen molar-refractivity contribution in [2.45, 2.75) is 76.4 Å². The third kappa shape index (κ3) is 2.58. The summed E-state index contributed by atoms with van der Waals surface area (Å²) in [4.78, 5) is 6.03. The molecule has 1 N–H and O–H groups in total. The summed E-state index contributed by atoms with van der Waals surface area (Å²) in [6.07, 6.45) is 13.6. The van der Waals surface area contributed by atoms with Gasteiger partial charge >= 0.3 is 0 Å². The van der Waals surface area contributed by atoms with Crippen LogP contribution in [0.4, 0.5) is 0 Å². The molecule has 0 unspecified atom stereocenters. The lowest BCUT2D eigenvalue weighted by molar-refractivity contribution is -0.0557.